The van der Waals surface area contributed by atoms with Crippen molar-refractivity contribution in [1.82, 2.24) is 15.3 Å². The lowest BCUT2D eigenvalue weighted by molar-refractivity contribution is 0.471. The standard InChI is InChI=1S/C15H17N3/c1-2-6-12(7-3-1)16-10-13-11-17-14-8-4-5-9-15(14)18-13/h1-2,4-5,8-9,11-12,16H,3,6-7,10H2. The number of rotatable bonds is 3. The van der Waals surface area contributed by atoms with Gasteiger partial charge in [0.2, 0.25) is 0 Å². The molecule has 0 radical (unpaired) electrons. The molecular formula is C15H17N3. The number of nitrogens with one attached hydrogen (secondary N) is 1. The van der Waals surface area contributed by atoms with E-state index in [2.05, 4.69) is 27.4 Å². The van der Waals surface area contributed by atoms with Crippen molar-refractivity contribution in [2.75, 3.05) is 0 Å². The summed E-state index contributed by atoms with van der Waals surface area (Å²) >= 11 is 0. The highest BCUT2D eigenvalue weighted by Gasteiger charge is 2.09. The van der Waals surface area contributed by atoms with Crippen LogP contribution >= 0.6 is 0 Å². The van der Waals surface area contributed by atoms with Gasteiger partial charge >= 0.3 is 0 Å². The zero-order valence-electron chi connectivity index (χ0n) is 10.3. The van der Waals surface area contributed by atoms with Crippen LogP contribution in [0.4, 0.5) is 0 Å². The highest BCUT2D eigenvalue weighted by molar-refractivity contribution is 5.73. The van der Waals surface area contributed by atoms with Gasteiger partial charge in [0.25, 0.3) is 0 Å². The summed E-state index contributed by atoms with van der Waals surface area (Å²) in [5.74, 6) is 0. The summed E-state index contributed by atoms with van der Waals surface area (Å²) in [6.07, 6.45) is 9.91. The average Bonchev–Trinajstić information content (AvgIpc) is 2.46. The fraction of sp³-hybridized carbons (Fsp3) is 0.333. The summed E-state index contributed by atoms with van der Waals surface area (Å²) in [6, 6.07) is 8.58. The minimum Gasteiger partial charge on any atom is -0.308 e. The molecule has 1 aromatic carbocycles. The predicted molar refractivity (Wildman–Crippen MR) is 73.2 cm³/mol. The van der Waals surface area contributed by atoms with Crippen molar-refractivity contribution in [3.63, 3.8) is 0 Å². The van der Waals surface area contributed by atoms with E-state index >= 15 is 0 Å². The minimum atomic E-state index is 0.586. The van der Waals surface area contributed by atoms with E-state index in [0.29, 0.717) is 6.04 Å². The highest BCUT2D eigenvalue weighted by Crippen LogP contribution is 2.12. The number of allylic oxidation sites excluding steroid dienone is 1. The molecule has 1 aromatic heterocycles. The molecule has 3 rings (SSSR count). The van der Waals surface area contributed by atoms with Gasteiger partial charge < -0.3 is 5.32 Å². The fourth-order valence-electron chi connectivity index (χ4n) is 2.31. The largest absolute Gasteiger partial charge is 0.308 e. The van der Waals surface area contributed by atoms with Crippen LogP contribution in [0.15, 0.2) is 42.6 Å². The molecule has 92 valence electrons. The van der Waals surface area contributed by atoms with Crippen molar-refractivity contribution in [2.24, 2.45) is 0 Å². The molecule has 1 aliphatic rings. The van der Waals surface area contributed by atoms with Crippen LogP contribution in [-0.2, 0) is 6.54 Å². The van der Waals surface area contributed by atoms with E-state index in [4.69, 9.17) is 0 Å². The van der Waals surface area contributed by atoms with Gasteiger partial charge in [-0.05, 0) is 31.4 Å². The summed E-state index contributed by atoms with van der Waals surface area (Å²) in [7, 11) is 0. The highest BCUT2D eigenvalue weighted by atomic mass is 14.9. The van der Waals surface area contributed by atoms with Crippen LogP contribution in [0.5, 0.6) is 0 Å². The lowest BCUT2D eigenvalue weighted by Crippen LogP contribution is -2.29. The molecule has 0 saturated heterocycles. The van der Waals surface area contributed by atoms with E-state index in [1.54, 1.807) is 0 Å². The van der Waals surface area contributed by atoms with E-state index in [1.807, 2.05) is 30.5 Å². The van der Waals surface area contributed by atoms with Gasteiger partial charge in [-0.3, -0.25) is 4.98 Å². The van der Waals surface area contributed by atoms with E-state index in [9.17, 15) is 0 Å². The second-order valence-corrected chi connectivity index (χ2v) is 4.71. The van der Waals surface area contributed by atoms with Gasteiger partial charge in [-0.15, -0.1) is 0 Å². The molecule has 2 aromatic rings. The number of benzene rings is 1. The molecule has 0 bridgehead atoms. The third kappa shape index (κ3) is 2.57. The number of hydrogen-bond acceptors (Lipinski definition) is 3. The Kier molecular flexibility index (Phi) is 3.33. The van der Waals surface area contributed by atoms with Crippen molar-refractivity contribution in [1.29, 1.82) is 0 Å². The van der Waals surface area contributed by atoms with Gasteiger partial charge in [0.1, 0.15) is 0 Å². The topological polar surface area (TPSA) is 37.8 Å². The van der Waals surface area contributed by atoms with Crippen LogP contribution in [0.2, 0.25) is 0 Å². The number of nitrogens with zero attached hydrogens (tertiary/aromatic N) is 2. The van der Waals surface area contributed by atoms with E-state index < -0.39 is 0 Å². The molecule has 0 spiro atoms. The van der Waals surface area contributed by atoms with Gasteiger partial charge in [0.05, 0.1) is 22.9 Å². The van der Waals surface area contributed by atoms with Crippen LogP contribution in [0.25, 0.3) is 11.0 Å². The van der Waals surface area contributed by atoms with E-state index in [1.165, 1.54) is 12.8 Å². The number of para-hydroxylation sites is 2. The molecule has 0 aliphatic heterocycles. The monoisotopic (exact) mass is 239 g/mol. The zero-order chi connectivity index (χ0) is 12.2. The molecule has 0 amide bonds. The quantitative estimate of drug-likeness (QED) is 0.837. The third-order valence-electron chi connectivity index (χ3n) is 3.34. The van der Waals surface area contributed by atoms with Crippen molar-refractivity contribution in [2.45, 2.75) is 31.8 Å². The zero-order valence-corrected chi connectivity index (χ0v) is 10.3. The Morgan fingerprint density at radius 1 is 1.17 bits per heavy atom. The second kappa shape index (κ2) is 5.27. The summed E-state index contributed by atoms with van der Waals surface area (Å²) in [5, 5.41) is 3.55. The summed E-state index contributed by atoms with van der Waals surface area (Å²) in [5.41, 5.74) is 2.95. The molecule has 1 atom stereocenters. The Morgan fingerprint density at radius 3 is 2.89 bits per heavy atom. The molecule has 18 heavy (non-hydrogen) atoms. The lowest BCUT2D eigenvalue weighted by atomic mass is 10.0. The normalized spacial score (nSPS) is 19.2. The molecule has 1 aliphatic carbocycles. The van der Waals surface area contributed by atoms with Crippen LogP contribution in [0, 0.1) is 0 Å². The second-order valence-electron chi connectivity index (χ2n) is 4.71. The molecule has 1 heterocycles. The van der Waals surface area contributed by atoms with Crippen LogP contribution in [0.3, 0.4) is 0 Å². The lowest BCUT2D eigenvalue weighted by Gasteiger charge is -2.19. The SMILES string of the molecule is C1=CCC(NCc2cnc3ccccc3n2)CC1. The van der Waals surface area contributed by atoms with Gasteiger partial charge in [-0.2, -0.15) is 0 Å². The average molecular weight is 239 g/mol. The Hall–Kier alpha value is -1.74. The van der Waals surface area contributed by atoms with Crippen LogP contribution in [-0.4, -0.2) is 16.0 Å². The first-order valence-electron chi connectivity index (χ1n) is 6.51. The first-order valence-corrected chi connectivity index (χ1v) is 6.51. The Labute approximate surface area is 107 Å². The first-order chi connectivity index (χ1) is 8.92. The maximum atomic E-state index is 4.62. The Bertz CT molecular complexity index is 562. The summed E-state index contributed by atoms with van der Waals surface area (Å²) in [4.78, 5) is 9.05. The first kappa shape index (κ1) is 11.4. The Morgan fingerprint density at radius 2 is 2.06 bits per heavy atom. The van der Waals surface area contributed by atoms with E-state index in [0.717, 1.165) is 29.7 Å². The fourth-order valence-corrected chi connectivity index (χ4v) is 2.31. The molecule has 0 saturated carbocycles. The third-order valence-corrected chi connectivity index (χ3v) is 3.34. The van der Waals surface area contributed by atoms with Crippen molar-refractivity contribution in [3.8, 4) is 0 Å². The molecule has 1 N–H and O–H groups in total. The van der Waals surface area contributed by atoms with Gasteiger partial charge in [0.15, 0.2) is 0 Å². The maximum Gasteiger partial charge on any atom is 0.0890 e. The van der Waals surface area contributed by atoms with Gasteiger partial charge in [-0.1, -0.05) is 24.3 Å². The van der Waals surface area contributed by atoms with Gasteiger partial charge in [-0.25, -0.2) is 4.98 Å². The predicted octanol–water partition coefficient (Wildman–Crippen LogP) is 2.83. The number of fused-ring (bicyclic) bond motifs is 1. The van der Waals surface area contributed by atoms with Crippen molar-refractivity contribution in [3.05, 3.63) is 48.3 Å². The van der Waals surface area contributed by atoms with Crippen LogP contribution in [0.1, 0.15) is 25.0 Å². The summed E-state index contributed by atoms with van der Waals surface area (Å²) in [6.45, 7) is 0.802. The van der Waals surface area contributed by atoms with Crippen molar-refractivity contribution < 1.29 is 0 Å². The smallest absolute Gasteiger partial charge is 0.0890 e. The number of hydrogen-bond donors (Lipinski definition) is 1. The molecule has 1 unspecified atom stereocenters. The van der Waals surface area contributed by atoms with Crippen LogP contribution < -0.4 is 5.32 Å². The number of aromatic nitrogens is 2. The molecular weight excluding hydrogens is 222 g/mol. The molecule has 0 fully saturated rings. The van der Waals surface area contributed by atoms with Gasteiger partial charge in [0, 0.05) is 12.6 Å². The molecule has 3 heteroatoms. The van der Waals surface area contributed by atoms with Crippen molar-refractivity contribution >= 4 is 11.0 Å². The summed E-state index contributed by atoms with van der Waals surface area (Å²) < 4.78 is 0. The Balaban J connectivity index is 1.69. The molecule has 3 nitrogen and oxygen atoms in total. The minimum absolute atomic E-state index is 0.586. The van der Waals surface area contributed by atoms with E-state index in [-0.39, 0.29) is 0 Å². The maximum absolute atomic E-state index is 4.62.